The van der Waals surface area contributed by atoms with Crippen molar-refractivity contribution >= 4 is 5.97 Å². The Morgan fingerprint density at radius 3 is 3.06 bits per heavy atom. The largest absolute Gasteiger partial charge is 0.477 e. The van der Waals surface area contributed by atoms with Crippen molar-refractivity contribution in [1.29, 1.82) is 0 Å². The Bertz CT molecular complexity index is 586. The molecule has 1 aromatic carbocycles. The summed E-state index contributed by atoms with van der Waals surface area (Å²) in [6, 6.07) is 5.92. The van der Waals surface area contributed by atoms with Crippen LogP contribution in [0.2, 0.25) is 0 Å². The van der Waals surface area contributed by atoms with Gasteiger partial charge in [-0.05, 0) is 30.4 Å². The molecular weight excluding hydrogens is 218 g/mol. The number of carboxylic acid groups (broad SMARTS) is 1. The predicted octanol–water partition coefficient (Wildman–Crippen LogP) is 2.53. The van der Waals surface area contributed by atoms with Gasteiger partial charge in [0.15, 0.2) is 5.76 Å². The summed E-state index contributed by atoms with van der Waals surface area (Å²) in [5.41, 5.74) is 3.49. The van der Waals surface area contributed by atoms with Gasteiger partial charge < -0.3 is 9.63 Å². The molecule has 2 aromatic rings. The van der Waals surface area contributed by atoms with Gasteiger partial charge >= 0.3 is 5.97 Å². The topological polar surface area (TPSA) is 63.3 Å². The highest BCUT2D eigenvalue weighted by Gasteiger charge is 2.22. The average molecular weight is 229 g/mol. The van der Waals surface area contributed by atoms with Crippen LogP contribution in [-0.4, -0.2) is 16.2 Å². The van der Waals surface area contributed by atoms with Crippen molar-refractivity contribution in [2.24, 2.45) is 0 Å². The van der Waals surface area contributed by atoms with Crippen molar-refractivity contribution in [3.63, 3.8) is 0 Å². The Kier molecular flexibility index (Phi) is 2.21. The Labute approximate surface area is 97.9 Å². The van der Waals surface area contributed by atoms with Gasteiger partial charge in [-0.25, -0.2) is 4.79 Å². The fourth-order valence-electron chi connectivity index (χ4n) is 2.42. The van der Waals surface area contributed by atoms with Gasteiger partial charge in [-0.15, -0.1) is 0 Å². The fraction of sp³-hybridized carbons (Fsp3) is 0.231. The van der Waals surface area contributed by atoms with Crippen molar-refractivity contribution in [1.82, 2.24) is 5.16 Å². The van der Waals surface area contributed by atoms with E-state index in [2.05, 4.69) is 11.2 Å². The number of aryl methyl sites for hydroxylation is 1. The molecule has 0 bridgehead atoms. The highest BCUT2D eigenvalue weighted by molar-refractivity contribution is 5.94. The zero-order chi connectivity index (χ0) is 11.8. The first kappa shape index (κ1) is 10.1. The van der Waals surface area contributed by atoms with Gasteiger partial charge in [-0.3, -0.25) is 0 Å². The lowest BCUT2D eigenvalue weighted by atomic mass is 9.99. The van der Waals surface area contributed by atoms with Gasteiger partial charge in [0.1, 0.15) is 5.56 Å². The van der Waals surface area contributed by atoms with Gasteiger partial charge in [0.2, 0.25) is 0 Å². The molecule has 0 saturated heterocycles. The van der Waals surface area contributed by atoms with Crippen LogP contribution < -0.4 is 0 Å². The van der Waals surface area contributed by atoms with Crippen LogP contribution >= 0.6 is 0 Å². The highest BCUT2D eigenvalue weighted by atomic mass is 16.5. The summed E-state index contributed by atoms with van der Waals surface area (Å²) in [5, 5.41) is 12.7. The van der Waals surface area contributed by atoms with E-state index in [1.165, 1.54) is 17.3 Å². The van der Waals surface area contributed by atoms with Crippen LogP contribution in [0.4, 0.5) is 0 Å². The van der Waals surface area contributed by atoms with Gasteiger partial charge in [0.25, 0.3) is 0 Å². The van der Waals surface area contributed by atoms with Crippen molar-refractivity contribution < 1.29 is 14.4 Å². The predicted molar refractivity (Wildman–Crippen MR) is 60.9 cm³/mol. The molecule has 0 aliphatic heterocycles. The molecule has 0 atom stereocenters. The first-order valence-corrected chi connectivity index (χ1v) is 5.56. The maximum absolute atomic E-state index is 11.1. The Morgan fingerprint density at radius 1 is 1.35 bits per heavy atom. The maximum Gasteiger partial charge on any atom is 0.341 e. The standard InChI is InChI=1S/C13H11NO3/c15-13(16)11-7-14-17-12(11)10-6-2-4-8-3-1-5-9(8)10/h2,4,6-7H,1,3,5H2,(H,15,16). The molecule has 1 heterocycles. The number of nitrogens with zero attached hydrogens (tertiary/aromatic N) is 1. The van der Waals surface area contributed by atoms with Gasteiger partial charge in [0, 0.05) is 5.56 Å². The van der Waals surface area contributed by atoms with Gasteiger partial charge in [-0.2, -0.15) is 0 Å². The second-order valence-corrected chi connectivity index (χ2v) is 4.17. The first-order valence-electron chi connectivity index (χ1n) is 5.56. The lowest BCUT2D eigenvalue weighted by Gasteiger charge is -2.05. The summed E-state index contributed by atoms with van der Waals surface area (Å²) >= 11 is 0. The number of carbonyl (C=O) groups is 1. The first-order chi connectivity index (χ1) is 8.27. The van der Waals surface area contributed by atoms with Crippen molar-refractivity contribution in [3.8, 4) is 11.3 Å². The minimum Gasteiger partial charge on any atom is -0.477 e. The van der Waals surface area contributed by atoms with Crippen LogP contribution in [0.3, 0.4) is 0 Å². The summed E-state index contributed by atoms with van der Waals surface area (Å²) in [6.45, 7) is 0. The number of carboxylic acids is 1. The summed E-state index contributed by atoms with van der Waals surface area (Å²) in [7, 11) is 0. The molecule has 0 saturated carbocycles. The summed E-state index contributed by atoms with van der Waals surface area (Å²) in [4.78, 5) is 11.1. The van der Waals surface area contributed by atoms with Crippen molar-refractivity contribution in [2.75, 3.05) is 0 Å². The molecule has 17 heavy (non-hydrogen) atoms. The van der Waals surface area contributed by atoms with E-state index >= 15 is 0 Å². The molecule has 0 fully saturated rings. The van der Waals surface area contributed by atoms with E-state index in [1.54, 1.807) is 0 Å². The van der Waals surface area contributed by atoms with E-state index in [9.17, 15) is 4.79 Å². The fourth-order valence-corrected chi connectivity index (χ4v) is 2.42. The zero-order valence-corrected chi connectivity index (χ0v) is 9.14. The molecule has 0 spiro atoms. The van der Waals surface area contributed by atoms with Crippen molar-refractivity contribution in [2.45, 2.75) is 19.3 Å². The van der Waals surface area contributed by atoms with Crippen LogP contribution in [-0.2, 0) is 12.8 Å². The van der Waals surface area contributed by atoms with Crippen LogP contribution in [0.25, 0.3) is 11.3 Å². The minimum absolute atomic E-state index is 0.130. The molecule has 0 amide bonds. The molecular formula is C13H11NO3. The third-order valence-corrected chi connectivity index (χ3v) is 3.19. The number of fused-ring (bicyclic) bond motifs is 1. The SMILES string of the molecule is O=C(O)c1cnoc1-c1cccc2c1CCC2. The smallest absolute Gasteiger partial charge is 0.341 e. The Hall–Kier alpha value is -2.10. The van der Waals surface area contributed by atoms with Crippen molar-refractivity contribution in [3.05, 3.63) is 41.1 Å². The zero-order valence-electron chi connectivity index (χ0n) is 9.14. The number of hydrogen-bond acceptors (Lipinski definition) is 3. The molecule has 4 heteroatoms. The minimum atomic E-state index is -1.00. The monoisotopic (exact) mass is 229 g/mol. The van der Waals surface area contributed by atoms with Gasteiger partial charge in [-0.1, -0.05) is 23.4 Å². The molecule has 3 rings (SSSR count). The molecule has 4 nitrogen and oxygen atoms in total. The molecule has 86 valence electrons. The summed E-state index contributed by atoms with van der Waals surface area (Å²) in [5.74, 6) is -0.631. The summed E-state index contributed by atoms with van der Waals surface area (Å²) in [6.07, 6.45) is 4.40. The maximum atomic E-state index is 11.1. The lowest BCUT2D eigenvalue weighted by Crippen LogP contribution is -1.97. The van der Waals surface area contributed by atoms with Crippen LogP contribution in [0.5, 0.6) is 0 Å². The number of aromatic carboxylic acids is 1. The van der Waals surface area contributed by atoms with Crippen LogP contribution in [0, 0.1) is 0 Å². The number of benzene rings is 1. The number of rotatable bonds is 2. The number of aromatic nitrogens is 1. The molecule has 1 aliphatic rings. The highest BCUT2D eigenvalue weighted by Crippen LogP contribution is 2.33. The molecule has 1 aromatic heterocycles. The third-order valence-electron chi connectivity index (χ3n) is 3.19. The van der Waals surface area contributed by atoms with E-state index in [4.69, 9.17) is 9.63 Å². The molecule has 1 N–H and O–H groups in total. The Balaban J connectivity index is 2.19. The summed E-state index contributed by atoms with van der Waals surface area (Å²) < 4.78 is 5.11. The van der Waals surface area contributed by atoms with E-state index in [0.29, 0.717) is 5.76 Å². The second-order valence-electron chi connectivity index (χ2n) is 4.17. The average Bonchev–Trinajstić information content (AvgIpc) is 2.97. The van der Waals surface area contributed by atoms with Crippen LogP contribution in [0.15, 0.2) is 28.9 Å². The van der Waals surface area contributed by atoms with Crippen LogP contribution in [0.1, 0.15) is 27.9 Å². The second kappa shape index (κ2) is 3.73. The molecule has 1 aliphatic carbocycles. The number of hydrogen-bond donors (Lipinski definition) is 1. The lowest BCUT2D eigenvalue weighted by molar-refractivity contribution is 0.0697. The Morgan fingerprint density at radius 2 is 2.24 bits per heavy atom. The molecule has 0 unspecified atom stereocenters. The molecule has 0 radical (unpaired) electrons. The van der Waals surface area contributed by atoms with E-state index in [0.717, 1.165) is 24.8 Å². The third kappa shape index (κ3) is 1.53. The van der Waals surface area contributed by atoms with E-state index < -0.39 is 5.97 Å². The van der Waals surface area contributed by atoms with E-state index in [1.807, 2.05) is 12.1 Å². The van der Waals surface area contributed by atoms with Gasteiger partial charge in [0.05, 0.1) is 6.20 Å². The normalized spacial score (nSPS) is 13.6. The quantitative estimate of drug-likeness (QED) is 0.859. The van der Waals surface area contributed by atoms with E-state index in [-0.39, 0.29) is 5.56 Å².